The summed E-state index contributed by atoms with van der Waals surface area (Å²) < 4.78 is 0. The molecule has 2 saturated heterocycles. The highest BCUT2D eigenvalue weighted by molar-refractivity contribution is 7.80. The predicted molar refractivity (Wildman–Crippen MR) is 104 cm³/mol. The molecule has 0 aromatic carbocycles. The molecule has 2 aliphatic rings. The smallest absolute Gasteiger partial charge is 0.232 e. The number of aromatic nitrogens is 2. The molecule has 2 N–H and O–H groups in total. The Morgan fingerprint density at radius 3 is 2.50 bits per heavy atom. The summed E-state index contributed by atoms with van der Waals surface area (Å²) in [5.41, 5.74) is 0. The zero-order valence-corrected chi connectivity index (χ0v) is 15.5. The van der Waals surface area contributed by atoms with Crippen LogP contribution in [0.2, 0.25) is 0 Å². The SMILES string of the molecule is CNC(=S)Nc1nc(N2CCCCC2)cc(N2CCCC[C@@H]2C)n1. The van der Waals surface area contributed by atoms with Crippen LogP contribution in [0.4, 0.5) is 17.6 Å². The first-order chi connectivity index (χ1) is 11.7. The molecule has 132 valence electrons. The van der Waals surface area contributed by atoms with E-state index in [4.69, 9.17) is 22.2 Å². The lowest BCUT2D eigenvalue weighted by Gasteiger charge is -2.35. The highest BCUT2D eigenvalue weighted by Crippen LogP contribution is 2.28. The van der Waals surface area contributed by atoms with E-state index in [2.05, 4.69) is 33.4 Å². The van der Waals surface area contributed by atoms with E-state index >= 15 is 0 Å². The van der Waals surface area contributed by atoms with Crippen molar-refractivity contribution in [2.45, 2.75) is 51.5 Å². The third kappa shape index (κ3) is 4.06. The number of rotatable bonds is 3. The van der Waals surface area contributed by atoms with Crippen LogP contribution in [-0.2, 0) is 0 Å². The first-order valence-electron chi connectivity index (χ1n) is 9.07. The molecule has 0 spiro atoms. The van der Waals surface area contributed by atoms with E-state index < -0.39 is 0 Å². The number of hydrogen-bond acceptors (Lipinski definition) is 5. The Morgan fingerprint density at radius 2 is 1.79 bits per heavy atom. The van der Waals surface area contributed by atoms with Gasteiger partial charge in [0.25, 0.3) is 0 Å². The normalized spacial score (nSPS) is 21.5. The molecule has 0 amide bonds. The summed E-state index contributed by atoms with van der Waals surface area (Å²) in [4.78, 5) is 14.2. The molecule has 0 aliphatic carbocycles. The minimum Gasteiger partial charge on any atom is -0.365 e. The second-order valence-electron chi connectivity index (χ2n) is 6.70. The predicted octanol–water partition coefficient (Wildman–Crippen LogP) is 2.76. The molecule has 1 aromatic heterocycles. The van der Waals surface area contributed by atoms with Crippen LogP contribution in [0.3, 0.4) is 0 Å². The van der Waals surface area contributed by atoms with Crippen molar-refractivity contribution in [3.05, 3.63) is 6.07 Å². The fraction of sp³-hybridized carbons (Fsp3) is 0.706. The minimum atomic E-state index is 0.520. The van der Waals surface area contributed by atoms with Crippen LogP contribution < -0.4 is 20.4 Å². The average molecular weight is 349 g/mol. The Labute approximate surface area is 150 Å². The summed E-state index contributed by atoms with van der Waals surface area (Å²) in [6.45, 7) is 5.49. The zero-order chi connectivity index (χ0) is 16.9. The number of anilines is 3. The van der Waals surface area contributed by atoms with Gasteiger partial charge >= 0.3 is 0 Å². The first kappa shape index (κ1) is 17.2. The molecule has 0 bridgehead atoms. The quantitative estimate of drug-likeness (QED) is 0.815. The van der Waals surface area contributed by atoms with E-state index in [1.165, 1.54) is 38.5 Å². The van der Waals surface area contributed by atoms with Gasteiger partial charge in [0.1, 0.15) is 11.6 Å². The third-order valence-corrected chi connectivity index (χ3v) is 5.23. The van der Waals surface area contributed by atoms with Crippen molar-refractivity contribution in [2.24, 2.45) is 0 Å². The summed E-state index contributed by atoms with van der Waals surface area (Å²) in [6.07, 6.45) is 7.53. The number of piperidine rings is 2. The van der Waals surface area contributed by atoms with E-state index in [1.807, 2.05) is 0 Å². The molecule has 24 heavy (non-hydrogen) atoms. The Morgan fingerprint density at radius 1 is 1.08 bits per heavy atom. The lowest BCUT2D eigenvalue weighted by atomic mass is 10.0. The van der Waals surface area contributed by atoms with Gasteiger partial charge in [0, 0.05) is 38.8 Å². The largest absolute Gasteiger partial charge is 0.365 e. The number of hydrogen-bond donors (Lipinski definition) is 2. The Balaban J connectivity index is 1.90. The number of thiocarbonyl (C=S) groups is 1. The molecule has 0 unspecified atom stereocenters. The molecule has 2 aliphatic heterocycles. The van der Waals surface area contributed by atoms with Crippen molar-refractivity contribution in [1.82, 2.24) is 15.3 Å². The first-order valence-corrected chi connectivity index (χ1v) is 9.47. The molecule has 3 heterocycles. The van der Waals surface area contributed by atoms with E-state index in [-0.39, 0.29) is 0 Å². The maximum atomic E-state index is 5.23. The lowest BCUT2D eigenvalue weighted by molar-refractivity contribution is 0.481. The molecule has 2 fully saturated rings. The van der Waals surface area contributed by atoms with E-state index in [0.717, 1.165) is 31.3 Å². The van der Waals surface area contributed by atoms with Gasteiger partial charge in [-0.1, -0.05) is 0 Å². The van der Waals surface area contributed by atoms with Gasteiger partial charge in [-0.05, 0) is 57.7 Å². The fourth-order valence-electron chi connectivity index (χ4n) is 3.51. The topological polar surface area (TPSA) is 56.3 Å². The third-order valence-electron chi connectivity index (χ3n) is 4.93. The van der Waals surface area contributed by atoms with Crippen LogP contribution in [-0.4, -0.2) is 47.8 Å². The maximum absolute atomic E-state index is 5.23. The molecule has 1 atom stereocenters. The standard InChI is InChI=1S/C17H28N6S/c1-13-8-4-7-11-23(13)15-12-14(22-9-5-3-6-10-22)19-16(20-15)21-17(24)18-2/h12-13H,3-11H2,1-2H3,(H2,18,19,20,21,24)/t13-/m0/s1. The van der Waals surface area contributed by atoms with Crippen molar-refractivity contribution in [2.75, 3.05) is 41.8 Å². The average Bonchev–Trinajstić information content (AvgIpc) is 2.62. The lowest BCUT2D eigenvalue weighted by Crippen LogP contribution is -2.39. The monoisotopic (exact) mass is 348 g/mol. The van der Waals surface area contributed by atoms with Gasteiger partial charge in [0.2, 0.25) is 5.95 Å². The molecule has 3 rings (SSSR count). The summed E-state index contributed by atoms with van der Waals surface area (Å²) >= 11 is 5.23. The minimum absolute atomic E-state index is 0.520. The van der Waals surface area contributed by atoms with Crippen LogP contribution in [0.25, 0.3) is 0 Å². The van der Waals surface area contributed by atoms with E-state index in [0.29, 0.717) is 17.1 Å². The summed E-state index contributed by atoms with van der Waals surface area (Å²) in [7, 11) is 1.80. The summed E-state index contributed by atoms with van der Waals surface area (Å²) in [5, 5.41) is 6.59. The van der Waals surface area contributed by atoms with Crippen LogP contribution in [0.1, 0.15) is 45.4 Å². The van der Waals surface area contributed by atoms with Crippen molar-refractivity contribution in [1.29, 1.82) is 0 Å². The Kier molecular flexibility index (Phi) is 5.71. The van der Waals surface area contributed by atoms with Crippen molar-refractivity contribution < 1.29 is 0 Å². The molecular formula is C17H28N6S. The molecule has 0 radical (unpaired) electrons. The Bertz CT molecular complexity index is 572. The van der Waals surface area contributed by atoms with Gasteiger partial charge in [-0.2, -0.15) is 9.97 Å². The molecule has 7 heteroatoms. The van der Waals surface area contributed by atoms with Gasteiger partial charge in [-0.15, -0.1) is 0 Å². The van der Waals surface area contributed by atoms with E-state index in [1.54, 1.807) is 7.05 Å². The van der Waals surface area contributed by atoms with Crippen LogP contribution >= 0.6 is 12.2 Å². The van der Waals surface area contributed by atoms with E-state index in [9.17, 15) is 0 Å². The highest BCUT2D eigenvalue weighted by atomic mass is 32.1. The second-order valence-corrected chi connectivity index (χ2v) is 7.11. The molecule has 1 aromatic rings. The van der Waals surface area contributed by atoms with Gasteiger partial charge < -0.3 is 20.4 Å². The second kappa shape index (κ2) is 7.96. The van der Waals surface area contributed by atoms with Crippen molar-refractivity contribution in [3.63, 3.8) is 0 Å². The van der Waals surface area contributed by atoms with Gasteiger partial charge in [0.15, 0.2) is 5.11 Å². The maximum Gasteiger partial charge on any atom is 0.232 e. The van der Waals surface area contributed by atoms with Gasteiger partial charge in [0.05, 0.1) is 0 Å². The highest BCUT2D eigenvalue weighted by Gasteiger charge is 2.22. The Hall–Kier alpha value is -1.63. The van der Waals surface area contributed by atoms with Crippen LogP contribution in [0, 0.1) is 0 Å². The fourth-order valence-corrected chi connectivity index (χ4v) is 3.60. The molecular weight excluding hydrogens is 320 g/mol. The van der Waals surface area contributed by atoms with Crippen LogP contribution in [0.5, 0.6) is 0 Å². The summed E-state index contributed by atoms with van der Waals surface area (Å²) in [5.74, 6) is 2.61. The van der Waals surface area contributed by atoms with Crippen molar-refractivity contribution in [3.8, 4) is 0 Å². The number of nitrogens with zero attached hydrogens (tertiary/aromatic N) is 4. The van der Waals surface area contributed by atoms with Crippen LogP contribution in [0.15, 0.2) is 6.07 Å². The van der Waals surface area contributed by atoms with Crippen molar-refractivity contribution >= 4 is 34.9 Å². The number of nitrogens with one attached hydrogen (secondary N) is 2. The van der Waals surface area contributed by atoms with Gasteiger partial charge in [-0.25, -0.2) is 0 Å². The van der Waals surface area contributed by atoms with Gasteiger partial charge in [-0.3, -0.25) is 0 Å². The molecule has 6 nitrogen and oxygen atoms in total. The summed E-state index contributed by atoms with van der Waals surface area (Å²) in [6, 6.07) is 2.67. The molecule has 0 saturated carbocycles. The zero-order valence-electron chi connectivity index (χ0n) is 14.7.